The fourth-order valence-corrected chi connectivity index (χ4v) is 6.47. The Morgan fingerprint density at radius 1 is 1.09 bits per heavy atom. The van der Waals surface area contributed by atoms with Crippen molar-refractivity contribution in [1.29, 1.82) is 0 Å². The Bertz CT molecular complexity index is 1240. The monoisotopic (exact) mass is 472 g/mol. The summed E-state index contributed by atoms with van der Waals surface area (Å²) in [6.45, 7) is 0.887. The molecule has 0 unspecified atom stereocenters. The third-order valence-electron chi connectivity index (χ3n) is 5.48. The van der Waals surface area contributed by atoms with Crippen molar-refractivity contribution in [3.05, 3.63) is 75.5 Å². The van der Waals surface area contributed by atoms with Gasteiger partial charge in [0.05, 0.1) is 14.2 Å². The van der Waals surface area contributed by atoms with E-state index < -0.39 is 15.9 Å². The van der Waals surface area contributed by atoms with Gasteiger partial charge in [0, 0.05) is 31.3 Å². The molecule has 2 aromatic carbocycles. The van der Waals surface area contributed by atoms with Gasteiger partial charge in [-0.15, -0.1) is 11.3 Å². The van der Waals surface area contributed by atoms with Crippen LogP contribution in [0, 0.1) is 0 Å². The number of thiophene rings is 1. The van der Waals surface area contributed by atoms with Gasteiger partial charge < -0.3 is 14.8 Å². The minimum absolute atomic E-state index is 0.0427. The van der Waals surface area contributed by atoms with E-state index in [0.717, 1.165) is 28.0 Å². The molecule has 2 heterocycles. The molecule has 0 bridgehead atoms. The van der Waals surface area contributed by atoms with Crippen LogP contribution >= 0.6 is 11.3 Å². The Morgan fingerprint density at radius 3 is 2.62 bits per heavy atom. The molecule has 0 fully saturated rings. The zero-order valence-corrected chi connectivity index (χ0v) is 19.5. The Kier molecular flexibility index (Phi) is 6.50. The number of amides is 1. The molecule has 1 N–H and O–H groups in total. The maximum absolute atomic E-state index is 13.3. The largest absolute Gasteiger partial charge is 0.497 e. The molecule has 0 radical (unpaired) electrons. The molecule has 0 atom stereocenters. The van der Waals surface area contributed by atoms with Crippen LogP contribution in [0.15, 0.2) is 58.8 Å². The van der Waals surface area contributed by atoms with Crippen LogP contribution in [0.5, 0.6) is 11.5 Å². The first kappa shape index (κ1) is 22.3. The molecule has 0 saturated carbocycles. The SMILES string of the molecule is COc1ccc(CNC(=O)c2sccc2S(=O)(=O)N2CCc3ccccc3C2)c(OC)c1. The van der Waals surface area contributed by atoms with E-state index in [4.69, 9.17) is 9.47 Å². The fourth-order valence-electron chi connectivity index (χ4n) is 3.73. The highest BCUT2D eigenvalue weighted by atomic mass is 32.2. The van der Waals surface area contributed by atoms with Gasteiger partial charge in [-0.3, -0.25) is 4.79 Å². The molecule has 0 saturated heterocycles. The molecule has 32 heavy (non-hydrogen) atoms. The summed E-state index contributed by atoms with van der Waals surface area (Å²) in [5.41, 5.74) is 2.92. The molecule has 1 aliphatic rings. The zero-order chi connectivity index (χ0) is 22.7. The smallest absolute Gasteiger partial charge is 0.263 e. The molecule has 1 aliphatic heterocycles. The summed E-state index contributed by atoms with van der Waals surface area (Å²) in [7, 11) is -0.692. The number of nitrogens with one attached hydrogen (secondary N) is 1. The second kappa shape index (κ2) is 9.32. The third-order valence-corrected chi connectivity index (χ3v) is 8.41. The quantitative estimate of drug-likeness (QED) is 0.569. The molecule has 3 aromatic rings. The predicted molar refractivity (Wildman–Crippen MR) is 123 cm³/mol. The summed E-state index contributed by atoms with van der Waals surface area (Å²) in [6.07, 6.45) is 0.651. The van der Waals surface area contributed by atoms with Gasteiger partial charge in [-0.05, 0) is 41.1 Å². The van der Waals surface area contributed by atoms with E-state index in [0.29, 0.717) is 31.0 Å². The van der Waals surface area contributed by atoms with Crippen LogP contribution in [-0.4, -0.2) is 39.4 Å². The number of fused-ring (bicyclic) bond motifs is 1. The topological polar surface area (TPSA) is 84.9 Å². The predicted octanol–water partition coefficient (Wildman–Crippen LogP) is 3.44. The van der Waals surface area contributed by atoms with Crippen molar-refractivity contribution in [2.75, 3.05) is 20.8 Å². The number of nitrogens with zero attached hydrogens (tertiary/aromatic N) is 1. The minimum atomic E-state index is -3.80. The Morgan fingerprint density at radius 2 is 1.88 bits per heavy atom. The molecule has 4 rings (SSSR count). The molecule has 168 valence electrons. The van der Waals surface area contributed by atoms with E-state index in [1.807, 2.05) is 24.3 Å². The first-order valence-electron chi connectivity index (χ1n) is 10.1. The van der Waals surface area contributed by atoms with Crippen LogP contribution in [0.3, 0.4) is 0 Å². The van der Waals surface area contributed by atoms with Crippen LogP contribution in [-0.2, 0) is 29.5 Å². The standard InChI is InChI=1S/C23H24N2O5S2/c1-29-19-8-7-17(20(13-19)30-2)14-24-23(26)22-21(10-12-31-22)32(27,28)25-11-9-16-5-3-4-6-18(16)15-25/h3-8,10,12-13H,9,11,14-15H2,1-2H3,(H,24,26). The van der Waals surface area contributed by atoms with Crippen LogP contribution in [0.2, 0.25) is 0 Å². The molecular weight excluding hydrogens is 448 g/mol. The van der Waals surface area contributed by atoms with E-state index in [1.54, 1.807) is 37.8 Å². The second-order valence-corrected chi connectivity index (χ2v) is 10.2. The molecule has 7 nitrogen and oxygen atoms in total. The molecule has 0 aliphatic carbocycles. The summed E-state index contributed by atoms with van der Waals surface area (Å²) < 4.78 is 38.7. The second-order valence-electron chi connectivity index (χ2n) is 7.33. The number of carbonyl (C=O) groups excluding carboxylic acids is 1. The van der Waals surface area contributed by atoms with Crippen LogP contribution in [0.1, 0.15) is 26.4 Å². The van der Waals surface area contributed by atoms with Gasteiger partial charge in [-0.2, -0.15) is 4.31 Å². The van der Waals surface area contributed by atoms with Crippen molar-refractivity contribution in [3.8, 4) is 11.5 Å². The number of hydrogen-bond donors (Lipinski definition) is 1. The number of methoxy groups -OCH3 is 2. The van der Waals surface area contributed by atoms with Gasteiger partial charge in [0.1, 0.15) is 21.3 Å². The van der Waals surface area contributed by atoms with Crippen LogP contribution in [0.25, 0.3) is 0 Å². The van der Waals surface area contributed by atoms with Crippen LogP contribution < -0.4 is 14.8 Å². The fraction of sp³-hybridized carbons (Fsp3) is 0.261. The first-order chi connectivity index (χ1) is 15.4. The van der Waals surface area contributed by atoms with E-state index in [-0.39, 0.29) is 16.3 Å². The van der Waals surface area contributed by atoms with Gasteiger partial charge in [0.15, 0.2) is 0 Å². The first-order valence-corrected chi connectivity index (χ1v) is 12.4. The van der Waals surface area contributed by atoms with Crippen molar-refractivity contribution in [1.82, 2.24) is 9.62 Å². The van der Waals surface area contributed by atoms with Crippen LogP contribution in [0.4, 0.5) is 0 Å². The summed E-state index contributed by atoms with van der Waals surface area (Å²) in [4.78, 5) is 13.1. The van der Waals surface area contributed by atoms with E-state index in [9.17, 15) is 13.2 Å². The Labute approximate surface area is 191 Å². The Balaban J connectivity index is 1.51. The number of ether oxygens (including phenoxy) is 2. The molecule has 1 aromatic heterocycles. The van der Waals surface area contributed by atoms with Crippen molar-refractivity contribution in [2.24, 2.45) is 0 Å². The highest BCUT2D eigenvalue weighted by Gasteiger charge is 2.32. The summed E-state index contributed by atoms with van der Waals surface area (Å²) in [5, 5.41) is 4.44. The lowest BCUT2D eigenvalue weighted by molar-refractivity contribution is 0.0951. The van der Waals surface area contributed by atoms with Gasteiger partial charge in [-0.25, -0.2) is 8.42 Å². The summed E-state index contributed by atoms with van der Waals surface area (Å²) in [6, 6.07) is 14.7. The maximum Gasteiger partial charge on any atom is 0.263 e. The number of hydrogen-bond acceptors (Lipinski definition) is 6. The lowest BCUT2D eigenvalue weighted by Gasteiger charge is -2.28. The van der Waals surface area contributed by atoms with Gasteiger partial charge in [-0.1, -0.05) is 24.3 Å². The third kappa shape index (κ3) is 4.36. The number of sulfonamides is 1. The average molecular weight is 473 g/mol. The highest BCUT2D eigenvalue weighted by molar-refractivity contribution is 7.89. The van der Waals surface area contributed by atoms with Crippen molar-refractivity contribution in [3.63, 3.8) is 0 Å². The summed E-state index contributed by atoms with van der Waals surface area (Å²) in [5.74, 6) is 0.788. The molecular formula is C23H24N2O5S2. The van der Waals surface area contributed by atoms with E-state index >= 15 is 0 Å². The molecule has 1 amide bonds. The Hall–Kier alpha value is -2.88. The maximum atomic E-state index is 13.3. The molecule has 9 heteroatoms. The number of benzene rings is 2. The zero-order valence-electron chi connectivity index (χ0n) is 17.8. The van der Waals surface area contributed by atoms with Gasteiger partial charge >= 0.3 is 0 Å². The van der Waals surface area contributed by atoms with Crippen molar-refractivity contribution in [2.45, 2.75) is 24.4 Å². The summed E-state index contributed by atoms with van der Waals surface area (Å²) >= 11 is 1.12. The number of carbonyl (C=O) groups is 1. The minimum Gasteiger partial charge on any atom is -0.497 e. The van der Waals surface area contributed by atoms with Crippen molar-refractivity contribution >= 4 is 27.3 Å². The van der Waals surface area contributed by atoms with E-state index in [1.165, 1.54) is 10.4 Å². The average Bonchev–Trinajstić information content (AvgIpc) is 3.33. The van der Waals surface area contributed by atoms with Gasteiger partial charge in [0.25, 0.3) is 5.91 Å². The van der Waals surface area contributed by atoms with Gasteiger partial charge in [0.2, 0.25) is 10.0 Å². The number of rotatable bonds is 7. The normalized spacial score (nSPS) is 13.9. The lowest BCUT2D eigenvalue weighted by Crippen LogP contribution is -2.36. The lowest BCUT2D eigenvalue weighted by atomic mass is 10.0. The van der Waals surface area contributed by atoms with E-state index in [2.05, 4.69) is 5.32 Å². The highest BCUT2D eigenvalue weighted by Crippen LogP contribution is 2.30. The van der Waals surface area contributed by atoms with Crippen molar-refractivity contribution < 1.29 is 22.7 Å². The molecule has 0 spiro atoms.